The van der Waals surface area contributed by atoms with Crippen LogP contribution in [-0.4, -0.2) is 11.5 Å². The number of nitrogens with one attached hydrogen (secondary N) is 1. The lowest BCUT2D eigenvalue weighted by Gasteiger charge is -2.12. The molecule has 0 aliphatic carbocycles. The van der Waals surface area contributed by atoms with E-state index in [1.165, 1.54) is 12.3 Å². The molecular formula is C16H16FN3O. The van der Waals surface area contributed by atoms with E-state index < -0.39 is 0 Å². The summed E-state index contributed by atoms with van der Waals surface area (Å²) in [5.41, 5.74) is 1.86. The number of benzene rings is 1. The molecule has 0 spiro atoms. The highest BCUT2D eigenvalue weighted by Crippen LogP contribution is 2.23. The topological polar surface area (TPSA) is 57.9 Å². The summed E-state index contributed by atoms with van der Waals surface area (Å²) < 4.78 is 19.5. The van der Waals surface area contributed by atoms with Crippen molar-refractivity contribution in [3.63, 3.8) is 0 Å². The van der Waals surface area contributed by atoms with Crippen LogP contribution in [0.25, 0.3) is 0 Å². The number of pyridine rings is 1. The van der Waals surface area contributed by atoms with Gasteiger partial charge in [0.15, 0.2) is 11.6 Å². The maximum absolute atomic E-state index is 13.9. The van der Waals surface area contributed by atoms with Crippen molar-refractivity contribution in [2.24, 2.45) is 0 Å². The Hall–Kier alpha value is -2.45. The van der Waals surface area contributed by atoms with Crippen LogP contribution in [0, 0.1) is 17.1 Å². The van der Waals surface area contributed by atoms with Crippen molar-refractivity contribution in [3.8, 4) is 11.8 Å². The zero-order chi connectivity index (χ0) is 15.1. The summed E-state index contributed by atoms with van der Waals surface area (Å²) in [6, 6.07) is 10.2. The van der Waals surface area contributed by atoms with Gasteiger partial charge in [-0.25, -0.2) is 9.37 Å². The lowest BCUT2D eigenvalue weighted by Crippen LogP contribution is -2.13. The summed E-state index contributed by atoms with van der Waals surface area (Å²) in [5.74, 6) is -0.145. The first kappa shape index (κ1) is 14.9. The number of rotatable bonds is 6. The molecule has 0 radical (unpaired) electrons. The van der Waals surface area contributed by atoms with Crippen LogP contribution < -0.4 is 10.1 Å². The molecule has 0 unspecified atom stereocenters. The van der Waals surface area contributed by atoms with Crippen LogP contribution >= 0.6 is 0 Å². The molecule has 108 valence electrons. The second-order valence-corrected chi connectivity index (χ2v) is 4.46. The molecule has 0 saturated heterocycles. The van der Waals surface area contributed by atoms with Gasteiger partial charge in [-0.15, -0.1) is 0 Å². The summed E-state index contributed by atoms with van der Waals surface area (Å²) in [6.07, 6.45) is 1.54. The first-order valence-electron chi connectivity index (χ1n) is 6.70. The molecule has 0 saturated carbocycles. The smallest absolute Gasteiger partial charge is 0.165 e. The number of nitriles is 1. The van der Waals surface area contributed by atoms with Crippen LogP contribution in [0.4, 0.5) is 4.39 Å². The van der Waals surface area contributed by atoms with Gasteiger partial charge in [-0.1, -0.05) is 19.1 Å². The maximum atomic E-state index is 13.9. The molecule has 0 aliphatic heterocycles. The van der Waals surface area contributed by atoms with Crippen LogP contribution in [0.5, 0.6) is 5.75 Å². The van der Waals surface area contributed by atoms with Crippen molar-refractivity contribution in [1.29, 1.82) is 5.26 Å². The van der Waals surface area contributed by atoms with E-state index in [2.05, 4.69) is 10.3 Å². The fourth-order valence-corrected chi connectivity index (χ4v) is 1.89. The van der Waals surface area contributed by atoms with Gasteiger partial charge in [-0.3, -0.25) is 0 Å². The molecule has 1 aromatic heterocycles. The molecular weight excluding hydrogens is 269 g/mol. The van der Waals surface area contributed by atoms with Crippen molar-refractivity contribution in [1.82, 2.24) is 10.3 Å². The first-order valence-corrected chi connectivity index (χ1v) is 6.70. The van der Waals surface area contributed by atoms with Crippen molar-refractivity contribution >= 4 is 0 Å². The molecule has 2 aromatic rings. The van der Waals surface area contributed by atoms with Gasteiger partial charge in [0.05, 0.1) is 0 Å². The van der Waals surface area contributed by atoms with E-state index in [4.69, 9.17) is 10.00 Å². The van der Waals surface area contributed by atoms with Crippen molar-refractivity contribution in [3.05, 3.63) is 59.2 Å². The minimum absolute atomic E-state index is 0.192. The van der Waals surface area contributed by atoms with Gasteiger partial charge in [-0.05, 0) is 30.3 Å². The number of hydrogen-bond acceptors (Lipinski definition) is 4. The Labute approximate surface area is 123 Å². The average molecular weight is 285 g/mol. The van der Waals surface area contributed by atoms with E-state index in [-0.39, 0.29) is 18.2 Å². The molecule has 21 heavy (non-hydrogen) atoms. The van der Waals surface area contributed by atoms with Crippen molar-refractivity contribution in [2.45, 2.75) is 20.1 Å². The molecule has 0 aliphatic rings. The van der Waals surface area contributed by atoms with Crippen LogP contribution in [0.15, 0.2) is 36.5 Å². The summed E-state index contributed by atoms with van der Waals surface area (Å²) in [5, 5.41) is 12.0. The minimum Gasteiger partial charge on any atom is -0.485 e. The fourth-order valence-electron chi connectivity index (χ4n) is 1.89. The third-order valence-electron chi connectivity index (χ3n) is 2.94. The highest BCUT2D eigenvalue weighted by molar-refractivity contribution is 5.35. The van der Waals surface area contributed by atoms with E-state index in [0.29, 0.717) is 12.2 Å². The lowest BCUT2D eigenvalue weighted by atomic mass is 10.2. The Balaban J connectivity index is 2.13. The number of para-hydroxylation sites is 1. The Bertz CT molecular complexity index is 652. The average Bonchev–Trinajstić information content (AvgIpc) is 2.52. The van der Waals surface area contributed by atoms with Gasteiger partial charge >= 0.3 is 0 Å². The standard InChI is InChI=1S/C16H16FN3O/c1-2-19-10-13-4-3-5-15(17)16(13)21-11-12-6-7-20-14(8-12)9-18/h3-8,19H,2,10-11H2,1H3. The Morgan fingerprint density at radius 2 is 2.24 bits per heavy atom. The lowest BCUT2D eigenvalue weighted by molar-refractivity contribution is 0.286. The van der Waals surface area contributed by atoms with Crippen LogP contribution in [0.2, 0.25) is 0 Å². The van der Waals surface area contributed by atoms with Gasteiger partial charge < -0.3 is 10.1 Å². The Morgan fingerprint density at radius 3 is 3.00 bits per heavy atom. The fraction of sp³-hybridized carbons (Fsp3) is 0.250. The molecule has 0 fully saturated rings. The molecule has 0 atom stereocenters. The Morgan fingerprint density at radius 1 is 1.38 bits per heavy atom. The monoisotopic (exact) mass is 285 g/mol. The van der Waals surface area contributed by atoms with E-state index >= 15 is 0 Å². The zero-order valence-electron chi connectivity index (χ0n) is 11.8. The summed E-state index contributed by atoms with van der Waals surface area (Å²) in [7, 11) is 0. The third kappa shape index (κ3) is 4.01. The van der Waals surface area contributed by atoms with Crippen LogP contribution in [0.1, 0.15) is 23.7 Å². The molecule has 0 bridgehead atoms. The van der Waals surface area contributed by atoms with Gasteiger partial charge in [0, 0.05) is 18.3 Å². The maximum Gasteiger partial charge on any atom is 0.165 e. The summed E-state index contributed by atoms with van der Waals surface area (Å²) >= 11 is 0. The van der Waals surface area contributed by atoms with Crippen molar-refractivity contribution < 1.29 is 9.13 Å². The van der Waals surface area contributed by atoms with Gasteiger partial charge in [0.1, 0.15) is 18.4 Å². The molecule has 1 N–H and O–H groups in total. The SMILES string of the molecule is CCNCc1cccc(F)c1OCc1ccnc(C#N)c1. The number of aromatic nitrogens is 1. The third-order valence-corrected chi connectivity index (χ3v) is 2.94. The highest BCUT2D eigenvalue weighted by atomic mass is 19.1. The van der Waals surface area contributed by atoms with Crippen LogP contribution in [0.3, 0.4) is 0 Å². The predicted octanol–water partition coefficient (Wildman–Crippen LogP) is 2.78. The van der Waals surface area contributed by atoms with Gasteiger partial charge in [-0.2, -0.15) is 5.26 Å². The van der Waals surface area contributed by atoms with E-state index in [1.807, 2.05) is 19.1 Å². The molecule has 4 nitrogen and oxygen atoms in total. The Kier molecular flexibility index (Phi) is 5.24. The number of ether oxygens (including phenoxy) is 1. The summed E-state index contributed by atoms with van der Waals surface area (Å²) in [4.78, 5) is 3.89. The number of nitrogens with zero attached hydrogens (tertiary/aromatic N) is 2. The van der Waals surface area contributed by atoms with E-state index in [9.17, 15) is 4.39 Å². The second kappa shape index (κ2) is 7.36. The normalized spacial score (nSPS) is 10.1. The molecule has 1 aromatic carbocycles. The second-order valence-electron chi connectivity index (χ2n) is 4.46. The quantitative estimate of drug-likeness (QED) is 0.886. The molecule has 2 rings (SSSR count). The van der Waals surface area contributed by atoms with E-state index in [1.54, 1.807) is 18.2 Å². The van der Waals surface area contributed by atoms with Gasteiger partial charge in [0.2, 0.25) is 0 Å². The largest absolute Gasteiger partial charge is 0.485 e. The van der Waals surface area contributed by atoms with Crippen LogP contribution in [-0.2, 0) is 13.2 Å². The minimum atomic E-state index is -0.389. The summed E-state index contributed by atoms with van der Waals surface area (Å²) in [6.45, 7) is 3.52. The highest BCUT2D eigenvalue weighted by Gasteiger charge is 2.10. The molecule has 1 heterocycles. The molecule has 0 amide bonds. The van der Waals surface area contributed by atoms with Gasteiger partial charge in [0.25, 0.3) is 0 Å². The zero-order valence-corrected chi connectivity index (χ0v) is 11.8. The molecule has 5 heteroatoms. The van der Waals surface area contributed by atoms with E-state index in [0.717, 1.165) is 17.7 Å². The number of halogens is 1. The number of hydrogen-bond donors (Lipinski definition) is 1. The first-order chi connectivity index (χ1) is 10.2. The van der Waals surface area contributed by atoms with Crippen molar-refractivity contribution in [2.75, 3.05) is 6.54 Å². The predicted molar refractivity (Wildman–Crippen MR) is 77.1 cm³/mol.